The largest absolute Gasteiger partial charge is 0.311 e. The molecule has 0 aliphatic heterocycles. The van der Waals surface area contributed by atoms with E-state index in [0.717, 1.165) is 25.2 Å². The van der Waals surface area contributed by atoms with Gasteiger partial charge in [-0.25, -0.2) is 0 Å². The standard InChI is InChI=1S/C7H14N4/c1-3-4-8-5-7-6-9-10-11(7)2/h6,8H,3-5H2,1-2H3. The van der Waals surface area contributed by atoms with Crippen molar-refractivity contribution in [2.24, 2.45) is 7.05 Å². The van der Waals surface area contributed by atoms with Gasteiger partial charge < -0.3 is 5.32 Å². The fourth-order valence-electron chi connectivity index (χ4n) is 0.864. The molecule has 1 aromatic rings. The first-order chi connectivity index (χ1) is 5.34. The van der Waals surface area contributed by atoms with Crippen LogP contribution in [0.25, 0.3) is 0 Å². The van der Waals surface area contributed by atoms with Gasteiger partial charge in [0.15, 0.2) is 0 Å². The maximum absolute atomic E-state index is 3.82. The minimum absolute atomic E-state index is 0.858. The highest BCUT2D eigenvalue weighted by Gasteiger charge is 1.96. The zero-order valence-corrected chi connectivity index (χ0v) is 7.04. The van der Waals surface area contributed by atoms with E-state index in [4.69, 9.17) is 0 Å². The molecule has 0 radical (unpaired) electrons. The quantitative estimate of drug-likeness (QED) is 0.635. The molecule has 11 heavy (non-hydrogen) atoms. The summed E-state index contributed by atoms with van der Waals surface area (Å²) in [6, 6.07) is 0. The van der Waals surface area contributed by atoms with E-state index in [-0.39, 0.29) is 0 Å². The van der Waals surface area contributed by atoms with Crippen molar-refractivity contribution < 1.29 is 0 Å². The zero-order valence-electron chi connectivity index (χ0n) is 7.04. The molecule has 62 valence electrons. The minimum atomic E-state index is 0.858. The molecule has 0 amide bonds. The van der Waals surface area contributed by atoms with Crippen molar-refractivity contribution in [3.8, 4) is 0 Å². The van der Waals surface area contributed by atoms with Gasteiger partial charge in [0.25, 0.3) is 0 Å². The Labute approximate surface area is 66.6 Å². The number of nitrogens with one attached hydrogen (secondary N) is 1. The van der Waals surface area contributed by atoms with Crippen LogP contribution in [0.4, 0.5) is 0 Å². The van der Waals surface area contributed by atoms with Crippen LogP contribution in [0.15, 0.2) is 6.20 Å². The van der Waals surface area contributed by atoms with Crippen LogP contribution >= 0.6 is 0 Å². The molecule has 1 aromatic heterocycles. The van der Waals surface area contributed by atoms with Crippen LogP contribution in [-0.4, -0.2) is 21.5 Å². The lowest BCUT2D eigenvalue weighted by Crippen LogP contribution is -2.16. The van der Waals surface area contributed by atoms with E-state index in [0.29, 0.717) is 0 Å². The monoisotopic (exact) mass is 154 g/mol. The third kappa shape index (κ3) is 2.31. The lowest BCUT2D eigenvalue weighted by atomic mass is 10.4. The van der Waals surface area contributed by atoms with Crippen LogP contribution < -0.4 is 5.32 Å². The first-order valence-corrected chi connectivity index (χ1v) is 3.89. The fourth-order valence-corrected chi connectivity index (χ4v) is 0.864. The Morgan fingerprint density at radius 1 is 1.64 bits per heavy atom. The summed E-state index contributed by atoms with van der Waals surface area (Å²) in [6.45, 7) is 4.05. The molecular weight excluding hydrogens is 140 g/mol. The zero-order chi connectivity index (χ0) is 8.10. The SMILES string of the molecule is CCCNCc1cnnn1C. The highest BCUT2D eigenvalue weighted by atomic mass is 15.4. The molecule has 4 nitrogen and oxygen atoms in total. The Balaban J connectivity index is 2.32. The van der Waals surface area contributed by atoms with Crippen molar-refractivity contribution in [2.45, 2.75) is 19.9 Å². The minimum Gasteiger partial charge on any atom is -0.311 e. The van der Waals surface area contributed by atoms with E-state index in [1.54, 1.807) is 10.9 Å². The third-order valence-electron chi connectivity index (χ3n) is 1.54. The lowest BCUT2D eigenvalue weighted by Gasteiger charge is -2.00. The Hall–Kier alpha value is -0.900. The van der Waals surface area contributed by atoms with Crippen LogP contribution in [-0.2, 0) is 13.6 Å². The summed E-state index contributed by atoms with van der Waals surface area (Å²) < 4.78 is 1.78. The summed E-state index contributed by atoms with van der Waals surface area (Å²) in [4.78, 5) is 0. The summed E-state index contributed by atoms with van der Waals surface area (Å²) in [5.74, 6) is 0. The van der Waals surface area contributed by atoms with Crippen LogP contribution in [0, 0.1) is 0 Å². The predicted octanol–water partition coefficient (Wildman–Crippen LogP) is 0.315. The Bertz CT molecular complexity index is 206. The van der Waals surface area contributed by atoms with Crippen molar-refractivity contribution in [1.82, 2.24) is 20.3 Å². The fraction of sp³-hybridized carbons (Fsp3) is 0.714. The molecule has 0 aliphatic rings. The topological polar surface area (TPSA) is 42.7 Å². The van der Waals surface area contributed by atoms with Gasteiger partial charge in [0.1, 0.15) is 0 Å². The van der Waals surface area contributed by atoms with Crippen molar-refractivity contribution >= 4 is 0 Å². The summed E-state index contributed by atoms with van der Waals surface area (Å²) in [5.41, 5.74) is 1.12. The molecule has 0 bridgehead atoms. The molecule has 0 aromatic carbocycles. The average Bonchev–Trinajstić information content (AvgIpc) is 2.37. The molecular formula is C7H14N4. The molecule has 1 N–H and O–H groups in total. The molecule has 0 unspecified atom stereocenters. The number of aromatic nitrogens is 3. The van der Waals surface area contributed by atoms with E-state index < -0.39 is 0 Å². The first-order valence-electron chi connectivity index (χ1n) is 3.89. The lowest BCUT2D eigenvalue weighted by molar-refractivity contribution is 0.612. The highest BCUT2D eigenvalue weighted by Crippen LogP contribution is 1.91. The summed E-state index contributed by atoms with van der Waals surface area (Å²) >= 11 is 0. The van der Waals surface area contributed by atoms with Gasteiger partial charge in [-0.1, -0.05) is 12.1 Å². The first kappa shape index (κ1) is 8.20. The van der Waals surface area contributed by atoms with Crippen LogP contribution in [0.3, 0.4) is 0 Å². The maximum atomic E-state index is 3.82. The van der Waals surface area contributed by atoms with Gasteiger partial charge in [-0.3, -0.25) is 4.68 Å². The molecule has 0 atom stereocenters. The van der Waals surface area contributed by atoms with Crippen molar-refractivity contribution in [1.29, 1.82) is 0 Å². The van der Waals surface area contributed by atoms with Gasteiger partial charge in [0.2, 0.25) is 0 Å². The second kappa shape index (κ2) is 4.08. The third-order valence-corrected chi connectivity index (χ3v) is 1.54. The van der Waals surface area contributed by atoms with E-state index in [1.807, 2.05) is 7.05 Å². The van der Waals surface area contributed by atoms with Gasteiger partial charge in [0, 0.05) is 13.6 Å². The van der Waals surface area contributed by atoms with Gasteiger partial charge in [-0.05, 0) is 13.0 Å². The Morgan fingerprint density at radius 2 is 2.45 bits per heavy atom. The summed E-state index contributed by atoms with van der Waals surface area (Å²) in [7, 11) is 1.90. The number of nitrogens with zero attached hydrogens (tertiary/aromatic N) is 3. The van der Waals surface area contributed by atoms with Crippen LogP contribution in [0.5, 0.6) is 0 Å². The Kier molecular flexibility index (Phi) is 3.04. The van der Waals surface area contributed by atoms with Gasteiger partial charge in [-0.15, -0.1) is 5.10 Å². The van der Waals surface area contributed by atoms with E-state index >= 15 is 0 Å². The van der Waals surface area contributed by atoms with E-state index in [2.05, 4.69) is 22.6 Å². The van der Waals surface area contributed by atoms with E-state index in [9.17, 15) is 0 Å². The maximum Gasteiger partial charge on any atom is 0.0738 e. The normalized spacial score (nSPS) is 10.4. The number of hydrogen-bond donors (Lipinski definition) is 1. The molecule has 0 spiro atoms. The summed E-state index contributed by atoms with van der Waals surface area (Å²) in [6.07, 6.45) is 2.94. The molecule has 0 aliphatic carbocycles. The molecule has 4 heteroatoms. The van der Waals surface area contributed by atoms with Gasteiger partial charge in [0.05, 0.1) is 11.9 Å². The number of rotatable bonds is 4. The molecule has 0 fully saturated rings. The van der Waals surface area contributed by atoms with Crippen molar-refractivity contribution in [3.63, 3.8) is 0 Å². The van der Waals surface area contributed by atoms with Crippen LogP contribution in [0.2, 0.25) is 0 Å². The molecule has 1 rings (SSSR count). The van der Waals surface area contributed by atoms with Gasteiger partial charge in [-0.2, -0.15) is 0 Å². The summed E-state index contributed by atoms with van der Waals surface area (Å²) in [5, 5.41) is 10.9. The van der Waals surface area contributed by atoms with Crippen LogP contribution in [0.1, 0.15) is 19.0 Å². The number of aryl methyl sites for hydroxylation is 1. The average molecular weight is 154 g/mol. The Morgan fingerprint density at radius 3 is 3.00 bits per heavy atom. The highest BCUT2D eigenvalue weighted by molar-refractivity contribution is 4.91. The van der Waals surface area contributed by atoms with Crippen molar-refractivity contribution in [3.05, 3.63) is 11.9 Å². The predicted molar refractivity (Wildman–Crippen MR) is 43.0 cm³/mol. The molecule has 1 heterocycles. The second-order valence-electron chi connectivity index (χ2n) is 2.53. The smallest absolute Gasteiger partial charge is 0.0738 e. The molecule has 0 saturated carbocycles. The van der Waals surface area contributed by atoms with Gasteiger partial charge >= 0.3 is 0 Å². The second-order valence-corrected chi connectivity index (χ2v) is 2.53. The van der Waals surface area contributed by atoms with E-state index in [1.165, 1.54) is 0 Å². The van der Waals surface area contributed by atoms with Crippen molar-refractivity contribution in [2.75, 3.05) is 6.54 Å². The molecule has 0 saturated heterocycles. The number of hydrogen-bond acceptors (Lipinski definition) is 3.